The highest BCUT2D eigenvalue weighted by Gasteiger charge is 2.26. The van der Waals surface area contributed by atoms with Crippen molar-refractivity contribution >= 4 is 0 Å². The molecule has 4 nitrogen and oxygen atoms in total. The largest absolute Gasteiger partial charge is 0.394 e. The first kappa shape index (κ1) is 17.9. The number of aliphatic hydroxyl groups excluding tert-OH is 2. The van der Waals surface area contributed by atoms with E-state index in [0.717, 1.165) is 31.6 Å². The van der Waals surface area contributed by atoms with Crippen LogP contribution in [0.25, 0.3) is 0 Å². The Hall–Kier alpha value is -0.160. The number of β-amino-alcohol motifs (C(OH)–C–C–N with tert-alkyl or cyclic N) is 1. The Labute approximate surface area is 123 Å². The number of rotatable bonds is 9. The summed E-state index contributed by atoms with van der Waals surface area (Å²) in [7, 11) is 0. The molecular weight excluding hydrogens is 254 g/mol. The molecule has 1 aliphatic rings. The molecule has 3 N–H and O–H groups in total. The van der Waals surface area contributed by atoms with Gasteiger partial charge in [-0.2, -0.15) is 0 Å². The molecule has 3 atom stereocenters. The highest BCUT2D eigenvalue weighted by molar-refractivity contribution is 4.85. The van der Waals surface area contributed by atoms with E-state index in [0.29, 0.717) is 19.3 Å². The quantitative estimate of drug-likeness (QED) is 0.607. The van der Waals surface area contributed by atoms with E-state index in [1.54, 1.807) is 0 Å². The Morgan fingerprint density at radius 1 is 1.30 bits per heavy atom. The van der Waals surface area contributed by atoms with Gasteiger partial charge in [0.25, 0.3) is 0 Å². The average molecular weight is 287 g/mol. The predicted octanol–water partition coefficient (Wildman–Crippen LogP) is 2.08. The fourth-order valence-electron chi connectivity index (χ4n) is 2.95. The van der Waals surface area contributed by atoms with Crippen LogP contribution < -0.4 is 5.32 Å². The van der Waals surface area contributed by atoms with Gasteiger partial charge in [-0.3, -0.25) is 0 Å². The van der Waals surface area contributed by atoms with E-state index in [-0.39, 0.29) is 12.1 Å². The maximum atomic E-state index is 10.0. The first-order valence-corrected chi connectivity index (χ1v) is 8.20. The van der Waals surface area contributed by atoms with Crippen LogP contribution in [0.2, 0.25) is 0 Å². The second-order valence-corrected chi connectivity index (χ2v) is 6.41. The smallest absolute Gasteiger partial charge is 0.0898 e. The number of hydrogen-bond donors (Lipinski definition) is 3. The highest BCUT2D eigenvalue weighted by Crippen LogP contribution is 2.25. The first-order chi connectivity index (χ1) is 9.55. The molecule has 0 spiro atoms. The molecule has 1 rings (SSSR count). The van der Waals surface area contributed by atoms with Crippen molar-refractivity contribution in [3.63, 3.8) is 0 Å². The summed E-state index contributed by atoms with van der Waals surface area (Å²) in [5.41, 5.74) is -0.264. The summed E-state index contributed by atoms with van der Waals surface area (Å²) in [4.78, 5) is 0. The lowest BCUT2D eigenvalue weighted by Crippen LogP contribution is -2.50. The third kappa shape index (κ3) is 5.68. The Bertz CT molecular complexity index is 248. The molecular formula is C16H33NO3. The lowest BCUT2D eigenvalue weighted by atomic mass is 9.89. The minimum Gasteiger partial charge on any atom is -0.394 e. The molecule has 20 heavy (non-hydrogen) atoms. The zero-order valence-electron chi connectivity index (χ0n) is 13.4. The molecule has 0 amide bonds. The van der Waals surface area contributed by atoms with E-state index in [9.17, 15) is 10.2 Å². The fourth-order valence-corrected chi connectivity index (χ4v) is 2.95. The van der Waals surface area contributed by atoms with Gasteiger partial charge in [0, 0.05) is 12.1 Å². The van der Waals surface area contributed by atoms with Gasteiger partial charge in [-0.05, 0) is 31.6 Å². The van der Waals surface area contributed by atoms with Crippen molar-refractivity contribution in [3.8, 4) is 0 Å². The van der Waals surface area contributed by atoms with Crippen LogP contribution in [-0.2, 0) is 4.74 Å². The molecule has 120 valence electrons. The normalized spacial score (nSPS) is 25.6. The number of nitrogens with one attached hydrogen (secondary N) is 1. The third-order valence-electron chi connectivity index (χ3n) is 4.78. The van der Waals surface area contributed by atoms with Crippen LogP contribution in [0.1, 0.15) is 59.3 Å². The minimum absolute atomic E-state index is 0.105. The molecule has 0 aliphatic heterocycles. The zero-order chi connectivity index (χ0) is 15.0. The van der Waals surface area contributed by atoms with E-state index in [4.69, 9.17) is 4.74 Å². The monoisotopic (exact) mass is 287 g/mol. The number of aliphatic hydroxyl groups is 2. The van der Waals surface area contributed by atoms with Crippen molar-refractivity contribution in [2.45, 2.75) is 77.0 Å². The molecule has 0 saturated heterocycles. The summed E-state index contributed by atoms with van der Waals surface area (Å²) < 4.78 is 5.83. The van der Waals surface area contributed by atoms with Crippen molar-refractivity contribution in [2.75, 3.05) is 19.8 Å². The van der Waals surface area contributed by atoms with E-state index in [2.05, 4.69) is 26.1 Å². The summed E-state index contributed by atoms with van der Waals surface area (Å²) in [6, 6.07) is 0. The van der Waals surface area contributed by atoms with Crippen LogP contribution in [0.3, 0.4) is 0 Å². The van der Waals surface area contributed by atoms with Crippen LogP contribution in [0, 0.1) is 5.92 Å². The topological polar surface area (TPSA) is 61.7 Å². The lowest BCUT2D eigenvalue weighted by molar-refractivity contribution is -0.0335. The van der Waals surface area contributed by atoms with Crippen molar-refractivity contribution in [1.29, 1.82) is 0 Å². The van der Waals surface area contributed by atoms with Gasteiger partial charge in [0.05, 0.1) is 25.4 Å². The van der Waals surface area contributed by atoms with Gasteiger partial charge in [0.15, 0.2) is 0 Å². The summed E-state index contributed by atoms with van der Waals surface area (Å²) in [6.45, 7) is 7.35. The summed E-state index contributed by atoms with van der Waals surface area (Å²) in [5.74, 6) is 0.742. The maximum Gasteiger partial charge on any atom is 0.0898 e. The third-order valence-corrected chi connectivity index (χ3v) is 4.78. The lowest BCUT2D eigenvalue weighted by Gasteiger charge is -2.32. The molecule has 0 aromatic rings. The summed E-state index contributed by atoms with van der Waals surface area (Å²) >= 11 is 0. The van der Waals surface area contributed by atoms with Crippen molar-refractivity contribution < 1.29 is 14.9 Å². The van der Waals surface area contributed by atoms with Gasteiger partial charge >= 0.3 is 0 Å². The Kier molecular flexibility index (Phi) is 8.03. The van der Waals surface area contributed by atoms with Crippen molar-refractivity contribution in [1.82, 2.24) is 5.32 Å². The van der Waals surface area contributed by atoms with E-state index < -0.39 is 6.10 Å². The Balaban J connectivity index is 2.24. The molecule has 0 bridgehead atoms. The van der Waals surface area contributed by atoms with Gasteiger partial charge < -0.3 is 20.3 Å². The minimum atomic E-state index is -0.503. The fraction of sp³-hybridized carbons (Fsp3) is 1.00. The van der Waals surface area contributed by atoms with E-state index >= 15 is 0 Å². The van der Waals surface area contributed by atoms with Crippen molar-refractivity contribution in [3.05, 3.63) is 0 Å². The van der Waals surface area contributed by atoms with Gasteiger partial charge in [-0.25, -0.2) is 0 Å². The molecule has 0 aromatic heterocycles. The van der Waals surface area contributed by atoms with Crippen LogP contribution >= 0.6 is 0 Å². The molecule has 1 saturated carbocycles. The van der Waals surface area contributed by atoms with Crippen LogP contribution in [-0.4, -0.2) is 47.7 Å². The van der Waals surface area contributed by atoms with Crippen LogP contribution in [0.15, 0.2) is 0 Å². The standard InChI is InChI=1S/C16H33NO3/c1-4-16(5-2,12-18)17-10-14(19)11-20-15-8-6-7-13(3)9-15/h13-15,17-19H,4-12H2,1-3H3. The van der Waals surface area contributed by atoms with Gasteiger partial charge in [0.2, 0.25) is 0 Å². The van der Waals surface area contributed by atoms with Crippen LogP contribution in [0.4, 0.5) is 0 Å². The van der Waals surface area contributed by atoms with Gasteiger partial charge in [0.1, 0.15) is 0 Å². The molecule has 0 radical (unpaired) electrons. The van der Waals surface area contributed by atoms with Gasteiger partial charge in [-0.1, -0.05) is 33.6 Å². The van der Waals surface area contributed by atoms with E-state index in [1.807, 2.05) is 0 Å². The Morgan fingerprint density at radius 3 is 2.55 bits per heavy atom. The molecule has 1 aliphatic carbocycles. The summed E-state index contributed by atoms with van der Waals surface area (Å²) in [6.07, 6.45) is 6.29. The molecule has 3 unspecified atom stereocenters. The maximum absolute atomic E-state index is 10.0. The van der Waals surface area contributed by atoms with Gasteiger partial charge in [-0.15, -0.1) is 0 Å². The highest BCUT2D eigenvalue weighted by atomic mass is 16.5. The Morgan fingerprint density at radius 2 is 2.00 bits per heavy atom. The molecule has 1 fully saturated rings. The zero-order valence-corrected chi connectivity index (χ0v) is 13.4. The van der Waals surface area contributed by atoms with E-state index in [1.165, 1.54) is 12.8 Å². The second-order valence-electron chi connectivity index (χ2n) is 6.41. The average Bonchev–Trinajstić information content (AvgIpc) is 2.47. The molecule has 0 heterocycles. The molecule has 0 aromatic carbocycles. The number of hydrogen-bond acceptors (Lipinski definition) is 4. The SMILES string of the molecule is CCC(CC)(CO)NCC(O)COC1CCCC(C)C1. The second kappa shape index (κ2) is 8.98. The predicted molar refractivity (Wildman–Crippen MR) is 81.8 cm³/mol. The summed E-state index contributed by atoms with van der Waals surface area (Å²) in [5, 5.41) is 22.8. The van der Waals surface area contributed by atoms with Crippen LogP contribution in [0.5, 0.6) is 0 Å². The first-order valence-electron chi connectivity index (χ1n) is 8.20. The number of ether oxygens (including phenoxy) is 1. The molecule has 4 heteroatoms. The van der Waals surface area contributed by atoms with Crippen molar-refractivity contribution in [2.24, 2.45) is 5.92 Å².